The molecule has 0 radical (unpaired) electrons. The van der Waals surface area contributed by atoms with Crippen molar-refractivity contribution in [1.82, 2.24) is 0 Å². The van der Waals surface area contributed by atoms with E-state index in [0.717, 1.165) is 63.7 Å². The van der Waals surface area contributed by atoms with E-state index in [1.165, 1.54) is 11.1 Å². The molecule has 0 atom stereocenters. The highest BCUT2D eigenvalue weighted by Crippen LogP contribution is 2.44. The molecule has 154 valence electrons. The number of hydrogen-bond acceptors (Lipinski definition) is 4. The molecule has 0 unspecified atom stereocenters. The van der Waals surface area contributed by atoms with Gasteiger partial charge >= 0.3 is 0 Å². The summed E-state index contributed by atoms with van der Waals surface area (Å²) in [4.78, 5) is 0. The van der Waals surface area contributed by atoms with E-state index in [4.69, 9.17) is 18.9 Å². The summed E-state index contributed by atoms with van der Waals surface area (Å²) in [5.74, 6) is 3.13. The Kier molecular flexibility index (Phi) is 4.03. The number of nitrogens with zero attached hydrogens (tertiary/aromatic N) is 1. The van der Waals surface area contributed by atoms with Gasteiger partial charge in [0.15, 0.2) is 29.5 Å². The molecule has 0 saturated heterocycles. The molecule has 6 rings (SSSR count). The van der Waals surface area contributed by atoms with E-state index in [-0.39, 0.29) is 6.79 Å². The molecule has 1 aromatic heterocycles. The predicted molar refractivity (Wildman–Crippen MR) is 118 cm³/mol. The van der Waals surface area contributed by atoms with E-state index in [1.54, 1.807) is 14.2 Å². The van der Waals surface area contributed by atoms with Crippen LogP contribution in [0, 0.1) is 0 Å². The zero-order valence-corrected chi connectivity index (χ0v) is 17.5. The number of fused-ring (bicyclic) bond motifs is 5. The third kappa shape index (κ3) is 2.66. The van der Waals surface area contributed by atoms with Gasteiger partial charge in [-0.2, -0.15) is 4.57 Å². The third-order valence-corrected chi connectivity index (χ3v) is 6.19. The van der Waals surface area contributed by atoms with Crippen molar-refractivity contribution in [3.05, 3.63) is 66.2 Å². The molecule has 0 amide bonds. The molecule has 31 heavy (non-hydrogen) atoms. The molecule has 0 bridgehead atoms. The zero-order chi connectivity index (χ0) is 20.9. The van der Waals surface area contributed by atoms with Crippen LogP contribution in [0.15, 0.2) is 60.7 Å². The van der Waals surface area contributed by atoms with Gasteiger partial charge in [-0.25, -0.2) is 0 Å². The Labute approximate surface area is 180 Å². The molecule has 2 aliphatic rings. The van der Waals surface area contributed by atoms with E-state index in [2.05, 4.69) is 53.1 Å². The van der Waals surface area contributed by atoms with Crippen LogP contribution in [-0.2, 0) is 13.0 Å². The van der Waals surface area contributed by atoms with Gasteiger partial charge in [0.2, 0.25) is 18.2 Å². The Morgan fingerprint density at radius 1 is 0.871 bits per heavy atom. The van der Waals surface area contributed by atoms with Crippen molar-refractivity contribution >= 4 is 10.8 Å². The summed E-state index contributed by atoms with van der Waals surface area (Å²) in [6, 6.07) is 21.0. The average Bonchev–Trinajstić information content (AvgIpc) is 3.28. The van der Waals surface area contributed by atoms with Gasteiger partial charge in [0.1, 0.15) is 5.39 Å². The summed E-state index contributed by atoms with van der Waals surface area (Å²) in [6.07, 6.45) is 0.918. The summed E-state index contributed by atoms with van der Waals surface area (Å²) < 4.78 is 25.2. The van der Waals surface area contributed by atoms with Crippen LogP contribution >= 0.6 is 0 Å². The smallest absolute Gasteiger partial charge is 0.231 e. The van der Waals surface area contributed by atoms with Crippen LogP contribution in [0.4, 0.5) is 0 Å². The van der Waals surface area contributed by atoms with Gasteiger partial charge in [-0.15, -0.1) is 0 Å². The van der Waals surface area contributed by atoms with Gasteiger partial charge in [0.05, 0.1) is 19.8 Å². The van der Waals surface area contributed by atoms with Crippen LogP contribution in [0.1, 0.15) is 5.56 Å². The summed E-state index contributed by atoms with van der Waals surface area (Å²) in [6.45, 7) is 1.14. The molecular formula is C26H22NO4+. The summed E-state index contributed by atoms with van der Waals surface area (Å²) >= 11 is 0. The minimum atomic E-state index is 0.280. The topological polar surface area (TPSA) is 40.8 Å². The van der Waals surface area contributed by atoms with Gasteiger partial charge in [-0.1, -0.05) is 18.2 Å². The first-order valence-corrected chi connectivity index (χ1v) is 10.4. The standard InChI is InChI=1S/C26H22NO4/c1-28-21-9-8-18-12-20-19-14-23-22(30-15-31-23)13-17(19)10-11-27(20)25(24(18)26(21)29-2)16-6-4-3-5-7-16/h3-9,12-14H,10-11,15H2,1-2H3/q+1. The van der Waals surface area contributed by atoms with Gasteiger partial charge in [0.25, 0.3) is 0 Å². The monoisotopic (exact) mass is 412 g/mol. The van der Waals surface area contributed by atoms with E-state index >= 15 is 0 Å². The summed E-state index contributed by atoms with van der Waals surface area (Å²) in [5, 5.41) is 2.16. The summed E-state index contributed by atoms with van der Waals surface area (Å²) in [5.41, 5.74) is 5.91. The Hall–Kier alpha value is -3.73. The van der Waals surface area contributed by atoms with Crippen LogP contribution < -0.4 is 23.5 Å². The highest BCUT2D eigenvalue weighted by atomic mass is 16.7. The van der Waals surface area contributed by atoms with E-state index in [1.807, 2.05) is 12.1 Å². The molecule has 4 aromatic rings. The lowest BCUT2D eigenvalue weighted by molar-refractivity contribution is -0.675. The zero-order valence-electron chi connectivity index (χ0n) is 17.5. The first-order chi connectivity index (χ1) is 15.3. The molecule has 3 aromatic carbocycles. The quantitative estimate of drug-likeness (QED) is 0.455. The van der Waals surface area contributed by atoms with Gasteiger partial charge < -0.3 is 18.9 Å². The Morgan fingerprint density at radius 3 is 2.45 bits per heavy atom. The second kappa shape index (κ2) is 6.91. The number of methoxy groups -OCH3 is 2. The molecule has 0 N–H and O–H groups in total. The molecular weight excluding hydrogens is 390 g/mol. The van der Waals surface area contributed by atoms with Crippen LogP contribution in [0.5, 0.6) is 23.0 Å². The maximum Gasteiger partial charge on any atom is 0.231 e. The number of rotatable bonds is 3. The van der Waals surface area contributed by atoms with Crippen LogP contribution in [-0.4, -0.2) is 21.0 Å². The Morgan fingerprint density at radius 2 is 1.68 bits per heavy atom. The lowest BCUT2D eigenvalue weighted by Crippen LogP contribution is -2.42. The largest absolute Gasteiger partial charge is 0.493 e. The minimum Gasteiger partial charge on any atom is -0.493 e. The second-order valence-corrected chi connectivity index (χ2v) is 7.77. The van der Waals surface area contributed by atoms with Gasteiger partial charge in [-0.3, -0.25) is 0 Å². The number of hydrogen-bond donors (Lipinski definition) is 0. The number of benzene rings is 3. The Bertz CT molecular complexity index is 1330. The van der Waals surface area contributed by atoms with Crippen molar-refractivity contribution in [1.29, 1.82) is 0 Å². The van der Waals surface area contributed by atoms with Crippen molar-refractivity contribution in [2.75, 3.05) is 21.0 Å². The van der Waals surface area contributed by atoms with Gasteiger partial charge in [-0.05, 0) is 47.3 Å². The van der Waals surface area contributed by atoms with Crippen molar-refractivity contribution < 1.29 is 23.5 Å². The second-order valence-electron chi connectivity index (χ2n) is 7.77. The Balaban J connectivity index is 1.73. The fraction of sp³-hybridized carbons (Fsp3) is 0.192. The maximum atomic E-state index is 5.86. The van der Waals surface area contributed by atoms with Crippen molar-refractivity contribution in [2.45, 2.75) is 13.0 Å². The highest BCUT2D eigenvalue weighted by molar-refractivity contribution is 6.01. The first-order valence-electron chi connectivity index (χ1n) is 10.4. The SMILES string of the molecule is COc1ccc2cc3[n+](c(-c4ccccc4)c2c1OC)CCc1cc2c(cc1-3)OCO2. The van der Waals surface area contributed by atoms with Gasteiger partial charge in [0, 0.05) is 18.1 Å². The maximum absolute atomic E-state index is 5.86. The van der Waals surface area contributed by atoms with Crippen LogP contribution in [0.25, 0.3) is 33.3 Å². The van der Waals surface area contributed by atoms with Crippen molar-refractivity contribution in [3.8, 4) is 45.5 Å². The molecule has 0 aliphatic carbocycles. The highest BCUT2D eigenvalue weighted by Gasteiger charge is 2.33. The fourth-order valence-electron chi connectivity index (χ4n) is 4.80. The van der Waals surface area contributed by atoms with Crippen LogP contribution in [0.2, 0.25) is 0 Å². The number of pyridine rings is 1. The normalized spacial score (nSPS) is 13.6. The molecule has 0 saturated carbocycles. The molecule has 5 heteroatoms. The number of aryl methyl sites for hydroxylation is 1. The first kappa shape index (κ1) is 18.1. The fourth-order valence-corrected chi connectivity index (χ4v) is 4.80. The molecule has 2 aliphatic heterocycles. The lowest BCUT2D eigenvalue weighted by Gasteiger charge is -2.20. The minimum absolute atomic E-state index is 0.280. The number of ether oxygens (including phenoxy) is 4. The van der Waals surface area contributed by atoms with E-state index in [9.17, 15) is 0 Å². The summed E-state index contributed by atoms with van der Waals surface area (Å²) in [7, 11) is 3.38. The molecule has 5 nitrogen and oxygen atoms in total. The van der Waals surface area contributed by atoms with Crippen molar-refractivity contribution in [3.63, 3.8) is 0 Å². The van der Waals surface area contributed by atoms with Crippen LogP contribution in [0.3, 0.4) is 0 Å². The molecule has 3 heterocycles. The van der Waals surface area contributed by atoms with Crippen molar-refractivity contribution in [2.24, 2.45) is 0 Å². The third-order valence-electron chi connectivity index (χ3n) is 6.19. The average molecular weight is 412 g/mol. The molecule has 0 spiro atoms. The number of aromatic nitrogens is 1. The van der Waals surface area contributed by atoms with E-state index < -0.39 is 0 Å². The lowest BCUT2D eigenvalue weighted by atomic mass is 9.92. The van der Waals surface area contributed by atoms with E-state index in [0.29, 0.717) is 0 Å². The molecule has 0 fully saturated rings. The predicted octanol–water partition coefficient (Wildman–Crippen LogP) is 4.76.